The summed E-state index contributed by atoms with van der Waals surface area (Å²) in [5.74, 6) is 1.01. The van der Waals surface area contributed by atoms with Crippen LogP contribution in [0, 0.1) is 0 Å². The largest absolute Gasteiger partial charge is 0.497 e. The molecule has 0 N–H and O–H groups in total. The monoisotopic (exact) mass is 231 g/mol. The zero-order valence-corrected chi connectivity index (χ0v) is 10.6. The molecular weight excluding hydrogens is 210 g/mol. The number of benzene rings is 1. The molecule has 0 amide bonds. The van der Waals surface area contributed by atoms with Gasteiger partial charge in [-0.05, 0) is 68.5 Å². The number of methoxy groups -OCH3 is 1. The van der Waals surface area contributed by atoms with Crippen molar-refractivity contribution in [3.63, 3.8) is 0 Å². The van der Waals surface area contributed by atoms with E-state index in [1.165, 1.54) is 50.8 Å². The maximum atomic E-state index is 5.33. The third-order valence-electron chi connectivity index (χ3n) is 4.21. The van der Waals surface area contributed by atoms with Gasteiger partial charge in [-0.15, -0.1) is 0 Å². The number of hydrogen-bond acceptors (Lipinski definition) is 2. The molecule has 0 radical (unpaired) electrons. The van der Waals surface area contributed by atoms with Crippen molar-refractivity contribution in [1.29, 1.82) is 0 Å². The molecule has 1 saturated heterocycles. The molecule has 0 saturated carbocycles. The van der Waals surface area contributed by atoms with Crippen LogP contribution in [0.2, 0.25) is 0 Å². The van der Waals surface area contributed by atoms with Crippen LogP contribution in [0.4, 0.5) is 0 Å². The predicted molar refractivity (Wildman–Crippen MR) is 69.5 cm³/mol. The number of ether oxygens (including phenoxy) is 1. The molecule has 1 aliphatic carbocycles. The average molecular weight is 231 g/mol. The number of rotatable bonds is 2. The van der Waals surface area contributed by atoms with Gasteiger partial charge in [0.2, 0.25) is 0 Å². The van der Waals surface area contributed by atoms with Gasteiger partial charge in [0, 0.05) is 6.04 Å². The quantitative estimate of drug-likeness (QED) is 0.775. The highest BCUT2D eigenvalue weighted by Crippen LogP contribution is 2.37. The van der Waals surface area contributed by atoms with Crippen molar-refractivity contribution in [2.45, 2.75) is 38.1 Å². The Morgan fingerprint density at radius 1 is 1.18 bits per heavy atom. The molecule has 0 bridgehead atoms. The zero-order chi connectivity index (χ0) is 11.7. The second-order valence-corrected chi connectivity index (χ2v) is 5.22. The summed E-state index contributed by atoms with van der Waals surface area (Å²) >= 11 is 0. The van der Waals surface area contributed by atoms with Gasteiger partial charge in [0.25, 0.3) is 0 Å². The van der Waals surface area contributed by atoms with Crippen LogP contribution in [0.15, 0.2) is 18.2 Å². The Kier molecular flexibility index (Phi) is 3.06. The van der Waals surface area contributed by atoms with Gasteiger partial charge < -0.3 is 4.74 Å². The van der Waals surface area contributed by atoms with Crippen LogP contribution in [0.25, 0.3) is 0 Å². The highest BCUT2D eigenvalue weighted by atomic mass is 16.5. The molecule has 1 aliphatic heterocycles. The van der Waals surface area contributed by atoms with E-state index in [0.717, 1.165) is 5.75 Å². The van der Waals surface area contributed by atoms with E-state index < -0.39 is 0 Å². The Balaban J connectivity index is 1.90. The molecule has 92 valence electrons. The number of likely N-dealkylation sites (tertiary alicyclic amines) is 1. The van der Waals surface area contributed by atoms with Gasteiger partial charge in [0.05, 0.1) is 7.11 Å². The predicted octanol–water partition coefficient (Wildman–Crippen LogP) is 3.17. The van der Waals surface area contributed by atoms with Crippen LogP contribution in [0.1, 0.15) is 42.9 Å². The fourth-order valence-corrected chi connectivity index (χ4v) is 3.32. The lowest BCUT2D eigenvalue weighted by molar-refractivity contribution is 0.221. The normalized spacial score (nSPS) is 24.6. The highest BCUT2D eigenvalue weighted by molar-refractivity contribution is 5.39. The number of hydrogen-bond donors (Lipinski definition) is 0. The molecule has 0 spiro atoms. The Morgan fingerprint density at radius 2 is 2.00 bits per heavy atom. The summed E-state index contributed by atoms with van der Waals surface area (Å²) in [7, 11) is 1.75. The molecule has 2 nitrogen and oxygen atoms in total. The van der Waals surface area contributed by atoms with Crippen LogP contribution in [-0.4, -0.2) is 25.1 Å². The van der Waals surface area contributed by atoms with E-state index in [-0.39, 0.29) is 0 Å². The Labute approximate surface area is 104 Å². The lowest BCUT2D eigenvalue weighted by atomic mass is 9.87. The highest BCUT2D eigenvalue weighted by Gasteiger charge is 2.27. The summed E-state index contributed by atoms with van der Waals surface area (Å²) in [4.78, 5) is 2.67. The second kappa shape index (κ2) is 4.69. The van der Waals surface area contributed by atoms with Gasteiger partial charge in [-0.1, -0.05) is 6.07 Å². The third-order valence-corrected chi connectivity index (χ3v) is 4.21. The van der Waals surface area contributed by atoms with Crippen molar-refractivity contribution in [2.75, 3.05) is 20.2 Å². The fraction of sp³-hybridized carbons (Fsp3) is 0.600. The maximum absolute atomic E-state index is 5.33. The van der Waals surface area contributed by atoms with E-state index in [2.05, 4.69) is 23.1 Å². The van der Waals surface area contributed by atoms with Crippen molar-refractivity contribution < 1.29 is 4.74 Å². The molecule has 1 aromatic rings. The van der Waals surface area contributed by atoms with Crippen molar-refractivity contribution in [3.05, 3.63) is 29.3 Å². The molecular formula is C15H21NO. The van der Waals surface area contributed by atoms with Crippen molar-refractivity contribution in [3.8, 4) is 5.75 Å². The van der Waals surface area contributed by atoms with Crippen LogP contribution in [-0.2, 0) is 6.42 Å². The summed E-state index contributed by atoms with van der Waals surface area (Å²) in [6.45, 7) is 2.58. The lowest BCUT2D eigenvalue weighted by Crippen LogP contribution is -2.28. The standard InChI is InChI=1S/C15H21NO/c1-17-13-7-8-14-12(11-13)5-4-6-15(14)16-9-2-3-10-16/h7-8,11,15H,2-6,9-10H2,1H3. The minimum atomic E-state index is 0.673. The van der Waals surface area contributed by atoms with Gasteiger partial charge in [-0.3, -0.25) is 4.90 Å². The van der Waals surface area contributed by atoms with E-state index in [1.807, 2.05) is 0 Å². The molecule has 1 aromatic carbocycles. The van der Waals surface area contributed by atoms with Gasteiger partial charge in [0.15, 0.2) is 0 Å². The van der Waals surface area contributed by atoms with E-state index in [0.29, 0.717) is 6.04 Å². The number of nitrogens with zero attached hydrogens (tertiary/aromatic N) is 1. The summed E-state index contributed by atoms with van der Waals surface area (Å²) in [6, 6.07) is 7.31. The molecule has 3 rings (SSSR count). The van der Waals surface area contributed by atoms with Crippen LogP contribution in [0.3, 0.4) is 0 Å². The first-order valence-electron chi connectivity index (χ1n) is 6.79. The Morgan fingerprint density at radius 3 is 2.76 bits per heavy atom. The molecule has 2 aliphatic rings. The van der Waals surface area contributed by atoms with Crippen LogP contribution < -0.4 is 4.74 Å². The second-order valence-electron chi connectivity index (χ2n) is 5.22. The minimum absolute atomic E-state index is 0.673. The first kappa shape index (κ1) is 11.1. The van der Waals surface area contributed by atoms with Gasteiger partial charge in [-0.25, -0.2) is 0 Å². The number of fused-ring (bicyclic) bond motifs is 1. The summed E-state index contributed by atoms with van der Waals surface area (Å²) < 4.78 is 5.33. The van der Waals surface area contributed by atoms with Gasteiger partial charge >= 0.3 is 0 Å². The smallest absolute Gasteiger partial charge is 0.119 e. The topological polar surface area (TPSA) is 12.5 Å². The zero-order valence-electron chi connectivity index (χ0n) is 10.6. The summed E-state index contributed by atoms with van der Waals surface area (Å²) in [5, 5.41) is 0. The van der Waals surface area contributed by atoms with E-state index in [1.54, 1.807) is 12.7 Å². The first-order valence-corrected chi connectivity index (χ1v) is 6.79. The first-order chi connectivity index (χ1) is 8.38. The van der Waals surface area contributed by atoms with Crippen molar-refractivity contribution in [2.24, 2.45) is 0 Å². The molecule has 2 heteroatoms. The van der Waals surface area contributed by atoms with Crippen molar-refractivity contribution in [1.82, 2.24) is 4.90 Å². The van der Waals surface area contributed by atoms with Crippen LogP contribution in [0.5, 0.6) is 5.75 Å². The minimum Gasteiger partial charge on any atom is -0.497 e. The Bertz CT molecular complexity index is 396. The van der Waals surface area contributed by atoms with E-state index in [9.17, 15) is 0 Å². The maximum Gasteiger partial charge on any atom is 0.119 e. The van der Waals surface area contributed by atoms with E-state index >= 15 is 0 Å². The SMILES string of the molecule is COc1ccc2c(c1)CCCC2N1CCCC1. The third kappa shape index (κ3) is 2.06. The van der Waals surface area contributed by atoms with Gasteiger partial charge in [-0.2, -0.15) is 0 Å². The molecule has 1 unspecified atom stereocenters. The number of aryl methyl sites for hydroxylation is 1. The van der Waals surface area contributed by atoms with E-state index in [4.69, 9.17) is 4.74 Å². The lowest BCUT2D eigenvalue weighted by Gasteiger charge is -2.33. The molecule has 17 heavy (non-hydrogen) atoms. The summed E-state index contributed by atoms with van der Waals surface area (Å²) in [5.41, 5.74) is 3.06. The van der Waals surface area contributed by atoms with Crippen molar-refractivity contribution >= 4 is 0 Å². The Hall–Kier alpha value is -1.02. The summed E-state index contributed by atoms with van der Waals surface area (Å²) in [6.07, 6.45) is 6.63. The average Bonchev–Trinajstić information content (AvgIpc) is 2.91. The molecule has 1 atom stereocenters. The molecule has 1 fully saturated rings. The molecule has 0 aromatic heterocycles. The fourth-order valence-electron chi connectivity index (χ4n) is 3.32. The van der Waals surface area contributed by atoms with Crippen LogP contribution >= 0.6 is 0 Å². The van der Waals surface area contributed by atoms with Gasteiger partial charge in [0.1, 0.15) is 5.75 Å². The molecule has 1 heterocycles.